The van der Waals surface area contributed by atoms with E-state index >= 15 is 0 Å². The van der Waals surface area contributed by atoms with E-state index in [0.717, 1.165) is 41.0 Å². The van der Waals surface area contributed by atoms with E-state index in [-0.39, 0.29) is 12.1 Å². The Morgan fingerprint density at radius 1 is 1.03 bits per heavy atom. The third-order valence-corrected chi connectivity index (χ3v) is 6.23. The Balaban J connectivity index is 1.49. The highest BCUT2D eigenvalue weighted by Gasteiger charge is 2.29. The molecule has 0 unspecified atom stereocenters. The molecule has 2 N–H and O–H groups in total. The van der Waals surface area contributed by atoms with Gasteiger partial charge in [0.25, 0.3) is 0 Å². The van der Waals surface area contributed by atoms with Gasteiger partial charge in [-0.25, -0.2) is 14.6 Å². The first kappa shape index (κ1) is 20.8. The Labute approximate surface area is 192 Å². The lowest BCUT2D eigenvalue weighted by Crippen LogP contribution is -2.39. The number of rotatable bonds is 4. The van der Waals surface area contributed by atoms with Gasteiger partial charge in [0.2, 0.25) is 0 Å². The largest absolute Gasteiger partial charge is 0.457 e. The lowest BCUT2D eigenvalue weighted by Gasteiger charge is -2.34. The van der Waals surface area contributed by atoms with Crippen molar-refractivity contribution in [2.24, 2.45) is 0 Å². The molecule has 4 aromatic rings. The first-order valence-electron chi connectivity index (χ1n) is 11.0. The molecule has 8 heteroatoms. The molecule has 0 radical (unpaired) electrons. The Kier molecular flexibility index (Phi) is 5.31. The molecule has 8 nitrogen and oxygen atoms in total. The number of nitrogen functional groups attached to an aromatic ring is 1. The summed E-state index contributed by atoms with van der Waals surface area (Å²) < 4.78 is 7.87. The minimum Gasteiger partial charge on any atom is -0.457 e. The van der Waals surface area contributed by atoms with E-state index in [1.165, 1.54) is 11.9 Å². The number of likely N-dealkylation sites (tertiary alicyclic amines) is 1. The van der Waals surface area contributed by atoms with Crippen molar-refractivity contribution in [3.05, 3.63) is 60.4 Å². The van der Waals surface area contributed by atoms with E-state index in [4.69, 9.17) is 15.6 Å². The highest BCUT2D eigenvalue weighted by Crippen LogP contribution is 2.35. The summed E-state index contributed by atoms with van der Waals surface area (Å²) >= 11 is 0. The molecule has 0 bridgehead atoms. The van der Waals surface area contributed by atoms with E-state index in [1.807, 2.05) is 65.0 Å². The van der Waals surface area contributed by atoms with E-state index in [1.54, 1.807) is 0 Å². The molecule has 1 fully saturated rings. The Bertz CT molecular complexity index is 1320. The van der Waals surface area contributed by atoms with Crippen molar-refractivity contribution < 1.29 is 4.74 Å². The molecular weight excluding hydrogens is 414 g/mol. The molecule has 0 aliphatic carbocycles. The van der Waals surface area contributed by atoms with Crippen LogP contribution in [0.3, 0.4) is 0 Å². The summed E-state index contributed by atoms with van der Waals surface area (Å²) in [6.07, 6.45) is 5.60. The molecule has 1 saturated heterocycles. The number of nitrogens with zero attached hydrogens (tertiary/aromatic N) is 6. The number of piperidine rings is 1. The zero-order chi connectivity index (χ0) is 22.9. The van der Waals surface area contributed by atoms with Crippen LogP contribution in [0.25, 0.3) is 22.3 Å². The van der Waals surface area contributed by atoms with Gasteiger partial charge in [-0.3, -0.25) is 0 Å². The standard InChI is InChI=1S/C25H25N7O/c1-16-3-9-20(10-4-16)33-21-11-6-18(7-12-21)23-22-24(27)28-15-29-25(22)32(30-23)19-8-5-17(2)31(13-19)14-26/h3-4,6-7,9-12,15,17,19H,5,8,13H2,1-2H3,(H2,27,28,29)/t17-,19+/m0/s1. The summed E-state index contributed by atoms with van der Waals surface area (Å²) in [5, 5.41) is 15.1. The second-order valence-corrected chi connectivity index (χ2v) is 8.52. The molecule has 1 aliphatic heterocycles. The smallest absolute Gasteiger partial charge is 0.179 e. The maximum atomic E-state index is 9.50. The van der Waals surface area contributed by atoms with Gasteiger partial charge in [-0.1, -0.05) is 17.7 Å². The predicted octanol–water partition coefficient (Wildman–Crippen LogP) is 4.68. The van der Waals surface area contributed by atoms with Crippen LogP contribution in [-0.4, -0.2) is 37.2 Å². The molecule has 3 heterocycles. The average molecular weight is 440 g/mol. The third-order valence-electron chi connectivity index (χ3n) is 6.23. The highest BCUT2D eigenvalue weighted by atomic mass is 16.5. The van der Waals surface area contributed by atoms with E-state index in [2.05, 4.69) is 23.1 Å². The summed E-state index contributed by atoms with van der Waals surface area (Å²) in [5.41, 5.74) is 9.77. The fourth-order valence-electron chi connectivity index (χ4n) is 4.30. The van der Waals surface area contributed by atoms with Gasteiger partial charge in [0.1, 0.15) is 29.3 Å². The molecule has 2 aromatic heterocycles. The molecule has 5 rings (SSSR count). The summed E-state index contributed by atoms with van der Waals surface area (Å²) in [6, 6.07) is 16.0. The molecule has 1 aliphatic rings. The molecule has 2 aromatic carbocycles. The van der Waals surface area contributed by atoms with Crippen LogP contribution in [0.4, 0.5) is 5.82 Å². The average Bonchev–Trinajstić information content (AvgIpc) is 3.22. The Morgan fingerprint density at radius 2 is 1.73 bits per heavy atom. The second-order valence-electron chi connectivity index (χ2n) is 8.52. The zero-order valence-electron chi connectivity index (χ0n) is 18.6. The van der Waals surface area contributed by atoms with Crippen LogP contribution in [0.15, 0.2) is 54.9 Å². The Morgan fingerprint density at radius 3 is 2.42 bits per heavy atom. The van der Waals surface area contributed by atoms with Crippen LogP contribution in [-0.2, 0) is 0 Å². The molecule has 2 atom stereocenters. The van der Waals surface area contributed by atoms with Crippen LogP contribution >= 0.6 is 0 Å². The van der Waals surface area contributed by atoms with E-state index < -0.39 is 0 Å². The number of hydrogen-bond acceptors (Lipinski definition) is 7. The van der Waals surface area contributed by atoms with E-state index in [0.29, 0.717) is 18.0 Å². The number of nitrogens with two attached hydrogens (primary N) is 1. The quantitative estimate of drug-likeness (QED) is 0.460. The van der Waals surface area contributed by atoms with Crippen LogP contribution in [0, 0.1) is 18.4 Å². The van der Waals surface area contributed by atoms with Crippen LogP contribution in [0.5, 0.6) is 11.5 Å². The Hall–Kier alpha value is -4.12. The molecular formula is C25H25N7O. The second kappa shape index (κ2) is 8.43. The number of aromatic nitrogens is 4. The zero-order valence-corrected chi connectivity index (χ0v) is 18.6. The fourth-order valence-corrected chi connectivity index (χ4v) is 4.30. The van der Waals surface area contributed by atoms with Crippen molar-refractivity contribution >= 4 is 16.9 Å². The molecule has 0 amide bonds. The van der Waals surface area contributed by atoms with Crippen LogP contribution in [0.2, 0.25) is 0 Å². The van der Waals surface area contributed by atoms with Crippen LogP contribution < -0.4 is 10.5 Å². The summed E-state index contributed by atoms with van der Waals surface area (Å²) in [6.45, 7) is 4.72. The van der Waals surface area contributed by atoms with Crippen LogP contribution in [0.1, 0.15) is 31.4 Å². The lowest BCUT2D eigenvalue weighted by molar-refractivity contribution is 0.179. The maximum absolute atomic E-state index is 9.50. The summed E-state index contributed by atoms with van der Waals surface area (Å²) in [4.78, 5) is 10.5. The molecule has 166 valence electrons. The fraction of sp³-hybridized carbons (Fsp3) is 0.280. The van der Waals surface area contributed by atoms with Crippen molar-refractivity contribution in [3.8, 4) is 28.9 Å². The van der Waals surface area contributed by atoms with E-state index in [9.17, 15) is 5.26 Å². The van der Waals surface area contributed by atoms with Gasteiger partial charge in [0.05, 0.1) is 18.0 Å². The first-order chi connectivity index (χ1) is 16.0. The molecule has 0 spiro atoms. The maximum Gasteiger partial charge on any atom is 0.179 e. The summed E-state index contributed by atoms with van der Waals surface area (Å²) in [7, 11) is 0. The first-order valence-corrected chi connectivity index (χ1v) is 11.0. The minimum atomic E-state index is 0.0375. The number of ether oxygens (including phenoxy) is 1. The van der Waals surface area contributed by atoms with Gasteiger partial charge < -0.3 is 15.4 Å². The monoisotopic (exact) mass is 439 g/mol. The van der Waals surface area contributed by atoms with Gasteiger partial charge in [-0.05, 0) is 63.1 Å². The SMILES string of the molecule is Cc1ccc(Oc2ccc(-c3nn([C@@H]4CC[C@H](C)N(C#N)C4)c4ncnc(N)c34)cc2)cc1. The number of fused-ring (bicyclic) bond motifs is 1. The normalized spacial score (nSPS) is 18.3. The van der Waals surface area contributed by atoms with Gasteiger partial charge in [-0.2, -0.15) is 10.4 Å². The van der Waals surface area contributed by atoms with Gasteiger partial charge in [-0.15, -0.1) is 0 Å². The molecule has 33 heavy (non-hydrogen) atoms. The highest BCUT2D eigenvalue weighted by molar-refractivity contribution is 5.98. The third kappa shape index (κ3) is 3.94. The van der Waals surface area contributed by atoms with Crippen molar-refractivity contribution in [2.75, 3.05) is 12.3 Å². The topological polar surface area (TPSA) is 106 Å². The number of anilines is 1. The van der Waals surface area contributed by atoms with Gasteiger partial charge in [0.15, 0.2) is 11.8 Å². The molecule has 0 saturated carbocycles. The van der Waals surface area contributed by atoms with Gasteiger partial charge in [0, 0.05) is 11.6 Å². The summed E-state index contributed by atoms with van der Waals surface area (Å²) in [5.74, 6) is 1.92. The number of benzene rings is 2. The van der Waals surface area contributed by atoms with Crippen molar-refractivity contribution in [1.29, 1.82) is 5.26 Å². The number of hydrogen-bond donors (Lipinski definition) is 1. The van der Waals surface area contributed by atoms with Crippen molar-refractivity contribution in [1.82, 2.24) is 24.6 Å². The van der Waals surface area contributed by atoms with Gasteiger partial charge >= 0.3 is 0 Å². The van der Waals surface area contributed by atoms with Crippen molar-refractivity contribution in [2.45, 2.75) is 38.8 Å². The predicted molar refractivity (Wildman–Crippen MR) is 126 cm³/mol. The van der Waals surface area contributed by atoms with Crippen molar-refractivity contribution in [3.63, 3.8) is 0 Å². The number of nitriles is 1. The minimum absolute atomic E-state index is 0.0375. The number of aryl methyl sites for hydroxylation is 1. The lowest BCUT2D eigenvalue weighted by atomic mass is 10.0.